The van der Waals surface area contributed by atoms with E-state index >= 15 is 0 Å². The minimum absolute atomic E-state index is 0. The third-order valence-corrected chi connectivity index (χ3v) is 0. The molecule has 0 aromatic heterocycles. The first-order chi connectivity index (χ1) is 1.41. The van der Waals surface area contributed by atoms with Gasteiger partial charge in [0.2, 0.25) is 0 Å². The maximum atomic E-state index is 4.76. The number of hydrogen-bond acceptors (Lipinski definition) is 0. The fraction of sp³-hybridized carbons (Fsp3) is 0.500. The fourth-order valence-electron chi connectivity index (χ4n) is 0. The first kappa shape index (κ1) is 8.82. The molecule has 27 valence electrons. The summed E-state index contributed by atoms with van der Waals surface area (Å²) in [4.78, 5) is 0. The van der Waals surface area contributed by atoms with Gasteiger partial charge in [0.15, 0.2) is 0 Å². The molecule has 0 aliphatic heterocycles. The third kappa shape index (κ3) is 19.1. The van der Waals surface area contributed by atoms with Crippen LogP contribution < -0.4 is 0 Å². The Morgan fingerprint density at radius 2 is 1.25 bits per heavy atom. The van der Waals surface area contributed by atoms with Gasteiger partial charge in [-0.05, 0) is 0 Å². The molecule has 0 saturated heterocycles. The number of halogens is 2. The van der Waals surface area contributed by atoms with Crippen molar-refractivity contribution in [2.24, 2.45) is 0 Å². The molecule has 0 rings (SSSR count). The topological polar surface area (TPSA) is 0 Å². The molecule has 0 heterocycles. The summed E-state index contributed by atoms with van der Waals surface area (Å²) in [6, 6.07) is 0. The molecule has 0 nitrogen and oxygen atoms in total. The van der Waals surface area contributed by atoms with Gasteiger partial charge < -0.3 is 0 Å². The molecule has 0 aliphatic carbocycles. The van der Waals surface area contributed by atoms with Gasteiger partial charge in [0, 0.05) is 0 Å². The van der Waals surface area contributed by atoms with Crippen molar-refractivity contribution in [1.29, 1.82) is 0 Å². The molecule has 0 fully saturated rings. The average Bonchev–Trinajstić information content (AvgIpc) is 0.918. The van der Waals surface area contributed by atoms with Gasteiger partial charge in [-0.15, -0.1) is 23.2 Å². The maximum absolute atomic E-state index is 4.76. The Morgan fingerprint density at radius 1 is 1.25 bits per heavy atom. The van der Waals surface area contributed by atoms with Gasteiger partial charge in [0.05, 0.1) is 5.34 Å². The molecule has 4 heavy (non-hydrogen) atoms. The van der Waals surface area contributed by atoms with Crippen molar-refractivity contribution in [2.75, 3.05) is 5.34 Å². The van der Waals surface area contributed by atoms with Crippen LogP contribution in [0.5, 0.6) is 0 Å². The van der Waals surface area contributed by atoms with E-state index in [1.165, 1.54) is 0 Å². The summed E-state index contributed by atoms with van der Waals surface area (Å²) in [7, 11) is 0. The lowest BCUT2D eigenvalue weighted by Gasteiger charge is -1.42. The Bertz CT molecular complexity index is 4.00. The van der Waals surface area contributed by atoms with Crippen LogP contribution in [-0.4, -0.2) is 5.34 Å². The van der Waals surface area contributed by atoms with Crippen LogP contribution in [-0.2, 0) is 0 Å². The Morgan fingerprint density at radius 3 is 1.25 bits per heavy atom. The highest BCUT2D eigenvalue weighted by Crippen LogP contribution is 1.73. The van der Waals surface area contributed by atoms with Crippen LogP contribution in [0.1, 0.15) is 0 Å². The SMILES string of the molecule is ClCCl.[CH3]. The van der Waals surface area contributed by atoms with E-state index in [-0.39, 0.29) is 12.8 Å². The predicted octanol–water partition coefficient (Wildman–Crippen LogP) is 1.87. The van der Waals surface area contributed by atoms with Crippen molar-refractivity contribution in [3.05, 3.63) is 7.43 Å². The highest BCUT2D eigenvalue weighted by Gasteiger charge is 1.41. The van der Waals surface area contributed by atoms with Gasteiger partial charge in [-0.2, -0.15) is 0 Å². The quantitative estimate of drug-likeness (QED) is 0.407. The minimum Gasteiger partial charge on any atom is -0.109 e. The van der Waals surface area contributed by atoms with Crippen LogP contribution in [0, 0.1) is 7.43 Å². The molecule has 1 radical (unpaired) electrons. The molecule has 0 bridgehead atoms. The molecule has 0 aromatic carbocycles. The van der Waals surface area contributed by atoms with Crippen LogP contribution in [0.2, 0.25) is 0 Å². The Labute approximate surface area is 36.7 Å². The van der Waals surface area contributed by atoms with Crippen LogP contribution in [0.4, 0.5) is 0 Å². The maximum Gasteiger partial charge on any atom is 0.0967 e. The smallest absolute Gasteiger partial charge is 0.0967 e. The summed E-state index contributed by atoms with van der Waals surface area (Å²) < 4.78 is 0. The summed E-state index contributed by atoms with van der Waals surface area (Å²) in [6.07, 6.45) is 0. The molecule has 0 spiro atoms. The second kappa shape index (κ2) is 9.55. The Hall–Kier alpha value is 0.580. The second-order valence-electron chi connectivity index (χ2n) is 0.101. The lowest BCUT2D eigenvalue weighted by Crippen LogP contribution is -1.24. The van der Waals surface area contributed by atoms with E-state index in [4.69, 9.17) is 23.2 Å². The van der Waals surface area contributed by atoms with E-state index in [2.05, 4.69) is 0 Å². The van der Waals surface area contributed by atoms with Crippen molar-refractivity contribution in [2.45, 2.75) is 0 Å². The van der Waals surface area contributed by atoms with Gasteiger partial charge in [-0.25, -0.2) is 0 Å². The van der Waals surface area contributed by atoms with Crippen LogP contribution in [0.25, 0.3) is 0 Å². The summed E-state index contributed by atoms with van der Waals surface area (Å²) in [5.74, 6) is 0. The number of alkyl halides is 2. The predicted molar refractivity (Wildman–Crippen MR) is 23.0 cm³/mol. The second-order valence-corrected chi connectivity index (χ2v) is 0.909. The monoisotopic (exact) mass is 99.0 g/mol. The highest BCUT2D eigenvalue weighted by atomic mass is 35.5. The van der Waals surface area contributed by atoms with E-state index in [1.54, 1.807) is 0 Å². The molecule has 0 aliphatic rings. The van der Waals surface area contributed by atoms with Crippen LogP contribution in [0.15, 0.2) is 0 Å². The Balaban J connectivity index is 0. The van der Waals surface area contributed by atoms with Crippen molar-refractivity contribution < 1.29 is 0 Å². The van der Waals surface area contributed by atoms with Crippen LogP contribution >= 0.6 is 23.2 Å². The van der Waals surface area contributed by atoms with Gasteiger partial charge in [-0.3, -0.25) is 0 Å². The number of rotatable bonds is 0. The minimum atomic E-state index is 0. The van der Waals surface area contributed by atoms with E-state index in [0.717, 1.165) is 0 Å². The Kier molecular flexibility index (Phi) is 21.0. The van der Waals surface area contributed by atoms with Crippen molar-refractivity contribution in [1.82, 2.24) is 0 Å². The zero-order valence-corrected chi connectivity index (χ0v) is 3.97. The first-order valence-electron chi connectivity index (χ1n) is 0.535. The lowest BCUT2D eigenvalue weighted by molar-refractivity contribution is 2.20. The van der Waals surface area contributed by atoms with E-state index in [9.17, 15) is 0 Å². The lowest BCUT2D eigenvalue weighted by atomic mass is 11.9. The number of hydrogen-bond donors (Lipinski definition) is 0. The molecule has 0 amide bonds. The molecule has 0 atom stereocenters. The zero-order valence-electron chi connectivity index (χ0n) is 2.46. The van der Waals surface area contributed by atoms with Crippen molar-refractivity contribution in [3.63, 3.8) is 0 Å². The van der Waals surface area contributed by atoms with E-state index < -0.39 is 0 Å². The average molecular weight is 100.0 g/mol. The van der Waals surface area contributed by atoms with Crippen molar-refractivity contribution >= 4 is 23.2 Å². The van der Waals surface area contributed by atoms with Crippen LogP contribution in [0.3, 0.4) is 0 Å². The first-order valence-corrected chi connectivity index (χ1v) is 1.60. The van der Waals surface area contributed by atoms with E-state index in [1.807, 2.05) is 0 Å². The standard InChI is InChI=1S/CH2Cl2.CH3/c2-1-3;/h1H2;1H3. The summed E-state index contributed by atoms with van der Waals surface area (Å²) in [5, 5.41) is 0.194. The molecule has 0 unspecified atom stereocenters. The largest absolute Gasteiger partial charge is 0.109 e. The molecular weight excluding hydrogens is 94.9 g/mol. The normalized spacial score (nSPS) is 4.50. The summed E-state index contributed by atoms with van der Waals surface area (Å²) in [5.41, 5.74) is 0. The zero-order chi connectivity index (χ0) is 2.71. The summed E-state index contributed by atoms with van der Waals surface area (Å²) in [6.45, 7) is 0. The van der Waals surface area contributed by atoms with Gasteiger partial charge >= 0.3 is 0 Å². The van der Waals surface area contributed by atoms with Crippen molar-refractivity contribution in [3.8, 4) is 0 Å². The molecular formula is C2H5Cl2. The van der Waals surface area contributed by atoms with Gasteiger partial charge in [0.25, 0.3) is 0 Å². The van der Waals surface area contributed by atoms with Gasteiger partial charge in [-0.1, -0.05) is 7.43 Å². The molecule has 2 heteroatoms. The molecule has 0 aromatic rings. The highest BCUT2D eigenvalue weighted by molar-refractivity contribution is 6.40. The summed E-state index contributed by atoms with van der Waals surface area (Å²) >= 11 is 9.53. The fourth-order valence-corrected chi connectivity index (χ4v) is 0. The molecule has 0 N–H and O–H groups in total. The third-order valence-electron chi connectivity index (χ3n) is 0. The van der Waals surface area contributed by atoms with E-state index in [0.29, 0.717) is 0 Å². The van der Waals surface area contributed by atoms with Gasteiger partial charge in [0.1, 0.15) is 0 Å². The molecule has 0 saturated carbocycles.